The van der Waals surface area contributed by atoms with Crippen LogP contribution in [0.25, 0.3) is 0 Å². The maximum atomic E-state index is 11.5. The van der Waals surface area contributed by atoms with E-state index in [1.54, 1.807) is 0 Å². The third kappa shape index (κ3) is 2.48. The number of halogens is 2. The van der Waals surface area contributed by atoms with Crippen LogP contribution in [0.1, 0.15) is 10.4 Å². The zero-order valence-corrected chi connectivity index (χ0v) is 10.5. The molecule has 0 heterocycles. The van der Waals surface area contributed by atoms with E-state index in [0.717, 1.165) is 0 Å². The van der Waals surface area contributed by atoms with Crippen molar-refractivity contribution in [1.29, 1.82) is 0 Å². The lowest BCUT2D eigenvalue weighted by atomic mass is 10.1. The number of methoxy groups -OCH3 is 1. The van der Waals surface area contributed by atoms with Crippen molar-refractivity contribution in [3.63, 3.8) is 0 Å². The highest BCUT2D eigenvalue weighted by molar-refractivity contribution is 9.25. The molecule has 1 rings (SSSR count). The van der Waals surface area contributed by atoms with Gasteiger partial charge in [0, 0.05) is 5.56 Å². The van der Waals surface area contributed by atoms with E-state index >= 15 is 0 Å². The number of aromatic hydroxyl groups is 1. The number of carbonyl (C=O) groups excluding carboxylic acids is 1. The maximum absolute atomic E-state index is 11.5. The molecule has 0 bridgehead atoms. The van der Waals surface area contributed by atoms with Crippen LogP contribution in [-0.4, -0.2) is 21.7 Å². The largest absolute Gasteiger partial charge is 0.504 e. The van der Waals surface area contributed by atoms with E-state index < -0.39 is 3.74 Å². The van der Waals surface area contributed by atoms with E-state index in [1.807, 2.05) is 0 Å². The first kappa shape index (κ1) is 11.5. The third-order valence-corrected chi connectivity index (χ3v) is 2.49. The molecule has 0 aliphatic rings. The van der Waals surface area contributed by atoms with Gasteiger partial charge in [-0.3, -0.25) is 4.79 Å². The number of phenolic OH excluding ortho intramolecular Hbond substituents is 1. The lowest BCUT2D eigenvalue weighted by Gasteiger charge is -2.06. The summed E-state index contributed by atoms with van der Waals surface area (Å²) in [7, 11) is 1.43. The van der Waals surface area contributed by atoms with E-state index in [2.05, 4.69) is 31.9 Å². The Kier molecular flexibility index (Phi) is 3.95. The monoisotopic (exact) mass is 322 g/mol. The highest BCUT2D eigenvalue weighted by Gasteiger charge is 2.15. The van der Waals surface area contributed by atoms with Crippen LogP contribution in [0.2, 0.25) is 0 Å². The van der Waals surface area contributed by atoms with Crippen molar-refractivity contribution in [2.45, 2.75) is 3.74 Å². The minimum Gasteiger partial charge on any atom is -0.504 e. The van der Waals surface area contributed by atoms with E-state index in [1.165, 1.54) is 25.3 Å². The molecule has 0 radical (unpaired) electrons. The van der Waals surface area contributed by atoms with Gasteiger partial charge in [0.15, 0.2) is 17.3 Å². The summed E-state index contributed by atoms with van der Waals surface area (Å²) in [6, 6.07) is 4.46. The Balaban J connectivity index is 3.06. The molecule has 76 valence electrons. The molecular formula is C9H8Br2O3. The summed E-state index contributed by atoms with van der Waals surface area (Å²) in [4.78, 5) is 11.5. The minimum absolute atomic E-state index is 0.0183. The van der Waals surface area contributed by atoms with Crippen LogP contribution >= 0.6 is 31.9 Å². The lowest BCUT2D eigenvalue weighted by molar-refractivity contribution is 0.101. The van der Waals surface area contributed by atoms with E-state index in [-0.39, 0.29) is 17.3 Å². The molecular weight excluding hydrogens is 316 g/mol. The van der Waals surface area contributed by atoms with Gasteiger partial charge in [-0.2, -0.15) is 0 Å². The van der Waals surface area contributed by atoms with Crippen molar-refractivity contribution in [3.8, 4) is 11.5 Å². The van der Waals surface area contributed by atoms with Crippen molar-refractivity contribution < 1.29 is 14.6 Å². The quantitative estimate of drug-likeness (QED) is 0.687. The molecule has 0 amide bonds. The highest BCUT2D eigenvalue weighted by Crippen LogP contribution is 2.28. The van der Waals surface area contributed by atoms with E-state index in [4.69, 9.17) is 4.74 Å². The molecule has 0 spiro atoms. The minimum atomic E-state index is -0.427. The third-order valence-electron chi connectivity index (χ3n) is 1.66. The Morgan fingerprint density at radius 2 is 2.14 bits per heavy atom. The summed E-state index contributed by atoms with van der Waals surface area (Å²) in [5, 5.41) is 9.30. The number of Topliss-reactive ketones (excluding diaryl/α,β-unsaturated/α-hetero) is 1. The van der Waals surface area contributed by atoms with Gasteiger partial charge in [-0.25, -0.2) is 0 Å². The molecule has 1 N–H and O–H groups in total. The number of carbonyl (C=O) groups is 1. The number of benzene rings is 1. The fourth-order valence-corrected chi connectivity index (χ4v) is 1.49. The summed E-state index contributed by atoms with van der Waals surface area (Å²) in [5.74, 6) is 0.185. The fraction of sp³-hybridized carbons (Fsp3) is 0.222. The predicted octanol–water partition coefficient (Wildman–Crippen LogP) is 2.70. The molecule has 0 atom stereocenters. The van der Waals surface area contributed by atoms with Gasteiger partial charge in [-0.15, -0.1) is 0 Å². The van der Waals surface area contributed by atoms with Crippen molar-refractivity contribution >= 4 is 37.6 Å². The second-order valence-electron chi connectivity index (χ2n) is 2.55. The number of ketones is 1. The maximum Gasteiger partial charge on any atom is 0.187 e. The SMILES string of the molecule is COc1cc(C(=O)C(Br)Br)ccc1O. The molecule has 0 unspecified atom stereocenters. The van der Waals surface area contributed by atoms with Crippen molar-refractivity contribution in [3.05, 3.63) is 23.8 Å². The summed E-state index contributed by atoms with van der Waals surface area (Å²) < 4.78 is 4.46. The van der Waals surface area contributed by atoms with Gasteiger partial charge in [-0.05, 0) is 18.2 Å². The molecule has 0 aliphatic heterocycles. The Bertz CT molecular complexity index is 350. The zero-order chi connectivity index (χ0) is 10.7. The standard InChI is InChI=1S/C9H8Br2O3/c1-14-7-4-5(2-3-6(7)12)8(13)9(10)11/h2-4,9,12H,1H3. The summed E-state index contributed by atoms with van der Waals surface area (Å²) in [6.07, 6.45) is 0. The second kappa shape index (κ2) is 4.79. The van der Waals surface area contributed by atoms with Crippen LogP contribution < -0.4 is 4.74 Å². The number of hydrogen-bond donors (Lipinski definition) is 1. The van der Waals surface area contributed by atoms with Crippen LogP contribution in [0.5, 0.6) is 11.5 Å². The van der Waals surface area contributed by atoms with Gasteiger partial charge in [-0.1, -0.05) is 31.9 Å². The highest BCUT2D eigenvalue weighted by atomic mass is 79.9. The molecule has 1 aromatic rings. The van der Waals surface area contributed by atoms with Crippen LogP contribution in [0.4, 0.5) is 0 Å². The van der Waals surface area contributed by atoms with E-state index in [9.17, 15) is 9.90 Å². The Morgan fingerprint density at radius 3 is 2.64 bits per heavy atom. The van der Waals surface area contributed by atoms with Gasteiger partial charge in [0.2, 0.25) is 0 Å². The number of ether oxygens (including phenoxy) is 1. The molecule has 0 aliphatic carbocycles. The van der Waals surface area contributed by atoms with Gasteiger partial charge in [0.05, 0.1) is 7.11 Å². The van der Waals surface area contributed by atoms with Crippen LogP contribution in [0, 0.1) is 0 Å². The topological polar surface area (TPSA) is 46.5 Å². The van der Waals surface area contributed by atoms with E-state index in [0.29, 0.717) is 5.56 Å². The molecule has 1 aromatic carbocycles. The van der Waals surface area contributed by atoms with Gasteiger partial charge in [0.25, 0.3) is 0 Å². The lowest BCUT2D eigenvalue weighted by Crippen LogP contribution is -2.06. The Hall–Kier alpha value is -0.550. The molecule has 5 heteroatoms. The van der Waals surface area contributed by atoms with Crippen molar-refractivity contribution in [1.82, 2.24) is 0 Å². The molecule has 14 heavy (non-hydrogen) atoms. The molecule has 0 fully saturated rings. The van der Waals surface area contributed by atoms with Gasteiger partial charge in [0.1, 0.15) is 3.74 Å². The molecule has 0 saturated heterocycles. The normalized spacial score (nSPS) is 10.3. The predicted molar refractivity (Wildman–Crippen MR) is 60.6 cm³/mol. The second-order valence-corrected chi connectivity index (χ2v) is 5.61. The Labute approximate surface area is 98.3 Å². The van der Waals surface area contributed by atoms with Gasteiger partial charge < -0.3 is 9.84 Å². The number of hydrogen-bond acceptors (Lipinski definition) is 3. The first-order chi connectivity index (χ1) is 6.56. The summed E-state index contributed by atoms with van der Waals surface area (Å²) in [6.45, 7) is 0. The zero-order valence-electron chi connectivity index (χ0n) is 7.33. The van der Waals surface area contributed by atoms with Crippen LogP contribution in [-0.2, 0) is 0 Å². The number of rotatable bonds is 3. The summed E-state index contributed by atoms with van der Waals surface area (Å²) in [5.41, 5.74) is 0.471. The van der Waals surface area contributed by atoms with Crippen molar-refractivity contribution in [2.75, 3.05) is 7.11 Å². The van der Waals surface area contributed by atoms with Crippen LogP contribution in [0.15, 0.2) is 18.2 Å². The first-order valence-electron chi connectivity index (χ1n) is 3.75. The first-order valence-corrected chi connectivity index (χ1v) is 5.58. The molecule has 3 nitrogen and oxygen atoms in total. The Morgan fingerprint density at radius 1 is 1.50 bits per heavy atom. The molecule has 0 aromatic heterocycles. The van der Waals surface area contributed by atoms with Crippen LogP contribution in [0.3, 0.4) is 0 Å². The molecule has 0 saturated carbocycles. The van der Waals surface area contributed by atoms with Crippen molar-refractivity contribution in [2.24, 2.45) is 0 Å². The smallest absolute Gasteiger partial charge is 0.187 e. The summed E-state index contributed by atoms with van der Waals surface area (Å²) >= 11 is 6.21. The average Bonchev–Trinajstić information content (AvgIpc) is 2.17. The fourth-order valence-electron chi connectivity index (χ4n) is 0.957. The van der Waals surface area contributed by atoms with Gasteiger partial charge >= 0.3 is 0 Å². The average molecular weight is 324 g/mol. The number of alkyl halides is 2. The number of phenols is 1.